The van der Waals surface area contributed by atoms with Gasteiger partial charge in [0.2, 0.25) is 5.91 Å². The molecule has 5 nitrogen and oxygen atoms in total. The third kappa shape index (κ3) is 3.58. The maximum absolute atomic E-state index is 11.9. The van der Waals surface area contributed by atoms with Crippen molar-refractivity contribution in [2.24, 2.45) is 5.92 Å². The second kappa shape index (κ2) is 6.04. The van der Waals surface area contributed by atoms with Crippen LogP contribution in [0.25, 0.3) is 0 Å². The number of nitrogens with one attached hydrogen (secondary N) is 2. The zero-order chi connectivity index (χ0) is 13.7. The van der Waals surface area contributed by atoms with Crippen molar-refractivity contribution in [1.82, 2.24) is 10.9 Å². The average molecular weight is 260 g/mol. The molecule has 0 unspecified atom stereocenters. The van der Waals surface area contributed by atoms with Gasteiger partial charge in [-0.15, -0.1) is 0 Å². The van der Waals surface area contributed by atoms with Gasteiger partial charge in [0.25, 0.3) is 5.91 Å². The van der Waals surface area contributed by atoms with Gasteiger partial charge in [-0.2, -0.15) is 0 Å². The molecule has 2 N–H and O–H groups in total. The molecule has 0 saturated heterocycles. The van der Waals surface area contributed by atoms with Gasteiger partial charge < -0.3 is 4.74 Å². The maximum Gasteiger partial charge on any atom is 0.273 e. The first-order chi connectivity index (χ1) is 9.22. The molecule has 0 radical (unpaired) electrons. The van der Waals surface area contributed by atoms with Crippen LogP contribution >= 0.6 is 0 Å². The second-order valence-electron chi connectivity index (χ2n) is 4.31. The summed E-state index contributed by atoms with van der Waals surface area (Å²) in [4.78, 5) is 23.4. The Labute approximate surface area is 111 Å². The number of hydrazine groups is 1. The number of hydrogen-bond acceptors (Lipinski definition) is 3. The molecule has 19 heavy (non-hydrogen) atoms. The molecular formula is C14H16N2O3. The smallest absolute Gasteiger partial charge is 0.273 e. The monoisotopic (exact) mass is 260 g/mol. The molecule has 0 aromatic heterocycles. The summed E-state index contributed by atoms with van der Waals surface area (Å²) in [6, 6.07) is 6.84. The molecule has 1 aliphatic carbocycles. The molecule has 100 valence electrons. The Hall–Kier alpha value is -2.30. The van der Waals surface area contributed by atoms with Crippen LogP contribution in [-0.2, 0) is 4.79 Å². The molecular weight excluding hydrogens is 244 g/mol. The fourth-order valence-corrected chi connectivity index (χ4v) is 1.56. The van der Waals surface area contributed by atoms with Crippen molar-refractivity contribution in [2.75, 3.05) is 6.61 Å². The van der Waals surface area contributed by atoms with E-state index in [-0.39, 0.29) is 11.8 Å². The lowest BCUT2D eigenvalue weighted by Gasteiger charge is -2.11. The summed E-state index contributed by atoms with van der Waals surface area (Å²) in [5.41, 5.74) is 5.18. The van der Waals surface area contributed by atoms with E-state index in [4.69, 9.17) is 4.74 Å². The van der Waals surface area contributed by atoms with Crippen LogP contribution in [0.4, 0.5) is 0 Å². The van der Waals surface area contributed by atoms with Gasteiger partial charge in [-0.05, 0) is 25.0 Å². The number of rotatable bonds is 5. The zero-order valence-electron chi connectivity index (χ0n) is 10.5. The van der Waals surface area contributed by atoms with E-state index in [1.807, 2.05) is 0 Å². The summed E-state index contributed by atoms with van der Waals surface area (Å²) >= 11 is 0. The Bertz CT molecular complexity index is 495. The Kier molecular flexibility index (Phi) is 4.18. The molecule has 0 heterocycles. The topological polar surface area (TPSA) is 67.4 Å². The van der Waals surface area contributed by atoms with Gasteiger partial charge in [-0.25, -0.2) is 0 Å². The lowest BCUT2D eigenvalue weighted by atomic mass is 10.2. The SMILES string of the molecule is C=CCOc1ccccc1C(=O)NNC(=O)C1CC1. The van der Waals surface area contributed by atoms with E-state index < -0.39 is 5.91 Å². The molecule has 0 spiro atoms. The minimum Gasteiger partial charge on any atom is -0.489 e. The first kappa shape index (κ1) is 13.1. The third-order valence-corrected chi connectivity index (χ3v) is 2.74. The molecule has 0 aliphatic heterocycles. The molecule has 2 rings (SSSR count). The molecule has 0 bridgehead atoms. The van der Waals surface area contributed by atoms with Gasteiger partial charge in [0.15, 0.2) is 0 Å². The summed E-state index contributed by atoms with van der Waals surface area (Å²) in [6.07, 6.45) is 3.38. The minimum atomic E-state index is -0.395. The van der Waals surface area contributed by atoms with Crippen LogP contribution < -0.4 is 15.6 Å². The first-order valence-corrected chi connectivity index (χ1v) is 6.15. The highest BCUT2D eigenvalue weighted by atomic mass is 16.5. The number of benzene rings is 1. The number of hydrogen-bond donors (Lipinski definition) is 2. The van der Waals surface area contributed by atoms with Crippen molar-refractivity contribution in [2.45, 2.75) is 12.8 Å². The van der Waals surface area contributed by atoms with Crippen LogP contribution in [0.1, 0.15) is 23.2 Å². The second-order valence-corrected chi connectivity index (χ2v) is 4.31. The van der Waals surface area contributed by atoms with Crippen molar-refractivity contribution in [1.29, 1.82) is 0 Å². The van der Waals surface area contributed by atoms with Crippen molar-refractivity contribution in [3.8, 4) is 5.75 Å². The van der Waals surface area contributed by atoms with E-state index in [1.54, 1.807) is 30.3 Å². The van der Waals surface area contributed by atoms with Gasteiger partial charge in [0.1, 0.15) is 12.4 Å². The van der Waals surface area contributed by atoms with Crippen molar-refractivity contribution >= 4 is 11.8 Å². The minimum absolute atomic E-state index is 0.0487. The van der Waals surface area contributed by atoms with Crippen molar-refractivity contribution < 1.29 is 14.3 Å². The van der Waals surface area contributed by atoms with Crippen LogP contribution in [0.2, 0.25) is 0 Å². The fourth-order valence-electron chi connectivity index (χ4n) is 1.56. The van der Waals surface area contributed by atoms with E-state index in [9.17, 15) is 9.59 Å². The summed E-state index contributed by atoms with van der Waals surface area (Å²) in [5.74, 6) is -0.0281. The highest BCUT2D eigenvalue weighted by molar-refractivity contribution is 5.98. The standard InChI is InChI=1S/C14H16N2O3/c1-2-9-19-12-6-4-3-5-11(12)14(18)16-15-13(17)10-7-8-10/h2-6,10H,1,7-9H2,(H,15,17)(H,16,18). The average Bonchev–Trinajstić information content (AvgIpc) is 3.27. The van der Waals surface area contributed by atoms with E-state index in [1.165, 1.54) is 0 Å². The lowest BCUT2D eigenvalue weighted by Crippen LogP contribution is -2.42. The molecule has 2 amide bonds. The lowest BCUT2D eigenvalue weighted by molar-refractivity contribution is -0.123. The molecule has 1 fully saturated rings. The van der Waals surface area contributed by atoms with Crippen LogP contribution in [-0.4, -0.2) is 18.4 Å². The predicted molar refractivity (Wildman–Crippen MR) is 70.5 cm³/mol. The van der Waals surface area contributed by atoms with E-state index in [0.717, 1.165) is 12.8 Å². The number of ether oxygens (including phenoxy) is 1. The van der Waals surface area contributed by atoms with Gasteiger partial charge in [-0.3, -0.25) is 20.4 Å². The van der Waals surface area contributed by atoms with Gasteiger partial charge in [0.05, 0.1) is 5.56 Å². The van der Waals surface area contributed by atoms with Crippen molar-refractivity contribution in [3.05, 3.63) is 42.5 Å². The summed E-state index contributed by atoms with van der Waals surface area (Å²) in [7, 11) is 0. The van der Waals surface area contributed by atoms with Crippen LogP contribution in [0.15, 0.2) is 36.9 Å². The van der Waals surface area contributed by atoms with Gasteiger partial charge >= 0.3 is 0 Å². The van der Waals surface area contributed by atoms with Crippen molar-refractivity contribution in [3.63, 3.8) is 0 Å². The number of amides is 2. The number of para-hydroxylation sites is 1. The Balaban J connectivity index is 1.96. The first-order valence-electron chi connectivity index (χ1n) is 6.15. The molecule has 5 heteroatoms. The van der Waals surface area contributed by atoms with Crippen LogP contribution in [0, 0.1) is 5.92 Å². The fraction of sp³-hybridized carbons (Fsp3) is 0.286. The summed E-state index contributed by atoms with van der Waals surface area (Å²) in [5, 5.41) is 0. The highest BCUT2D eigenvalue weighted by Crippen LogP contribution is 2.28. The largest absolute Gasteiger partial charge is 0.489 e. The highest BCUT2D eigenvalue weighted by Gasteiger charge is 2.29. The molecule has 0 atom stereocenters. The van der Waals surface area contributed by atoms with E-state index >= 15 is 0 Å². The summed E-state index contributed by atoms with van der Waals surface area (Å²) < 4.78 is 5.38. The van der Waals surface area contributed by atoms with E-state index in [0.29, 0.717) is 17.9 Å². The molecule has 1 aromatic rings. The number of carbonyl (C=O) groups is 2. The third-order valence-electron chi connectivity index (χ3n) is 2.74. The number of carbonyl (C=O) groups excluding carboxylic acids is 2. The van der Waals surface area contributed by atoms with Gasteiger partial charge in [0, 0.05) is 5.92 Å². The van der Waals surface area contributed by atoms with Gasteiger partial charge in [-0.1, -0.05) is 24.8 Å². The Morgan fingerprint density at radius 1 is 1.32 bits per heavy atom. The Morgan fingerprint density at radius 2 is 2.05 bits per heavy atom. The summed E-state index contributed by atoms with van der Waals surface area (Å²) in [6.45, 7) is 3.87. The van der Waals surface area contributed by atoms with Crippen LogP contribution in [0.3, 0.4) is 0 Å². The normalized spacial score (nSPS) is 13.5. The molecule has 1 aliphatic rings. The predicted octanol–water partition coefficient (Wildman–Crippen LogP) is 1.42. The Morgan fingerprint density at radius 3 is 2.74 bits per heavy atom. The maximum atomic E-state index is 11.9. The van der Waals surface area contributed by atoms with Crippen LogP contribution in [0.5, 0.6) is 5.75 Å². The zero-order valence-corrected chi connectivity index (χ0v) is 10.5. The molecule has 1 aromatic carbocycles. The quantitative estimate of drug-likeness (QED) is 0.621. The van der Waals surface area contributed by atoms with E-state index in [2.05, 4.69) is 17.4 Å². The molecule has 1 saturated carbocycles.